The maximum Gasteiger partial charge on any atom is 0.0731 e. The molecule has 0 atom stereocenters. The first-order chi connectivity index (χ1) is 8.44. The molecule has 102 valence electrons. The Morgan fingerprint density at radius 1 is 1.39 bits per heavy atom. The van der Waals surface area contributed by atoms with Gasteiger partial charge in [0, 0.05) is 21.8 Å². The van der Waals surface area contributed by atoms with Crippen LogP contribution in [0.1, 0.15) is 55.4 Å². The van der Waals surface area contributed by atoms with E-state index in [2.05, 4.69) is 39.1 Å². The molecule has 3 heteroatoms. The molecule has 0 radical (unpaired) electrons. The van der Waals surface area contributed by atoms with Gasteiger partial charge in [0.2, 0.25) is 0 Å². The summed E-state index contributed by atoms with van der Waals surface area (Å²) in [5.74, 6) is 0. The molecule has 0 bridgehead atoms. The van der Waals surface area contributed by atoms with Crippen molar-refractivity contribution in [2.24, 2.45) is 0 Å². The summed E-state index contributed by atoms with van der Waals surface area (Å²) in [6.45, 7) is 10.6. The molecule has 1 N–H and O–H groups in total. The molecular weight excluding hydrogens is 242 g/mol. The molecule has 18 heavy (non-hydrogen) atoms. The molecule has 1 fully saturated rings. The Morgan fingerprint density at radius 2 is 2.11 bits per heavy atom. The molecule has 0 saturated heterocycles. The zero-order valence-electron chi connectivity index (χ0n) is 12.0. The topological polar surface area (TPSA) is 21.3 Å². The van der Waals surface area contributed by atoms with Crippen molar-refractivity contribution in [3.05, 3.63) is 21.4 Å². The van der Waals surface area contributed by atoms with Crippen LogP contribution in [0.5, 0.6) is 0 Å². The van der Waals surface area contributed by atoms with Gasteiger partial charge in [0.05, 0.1) is 12.7 Å². The third-order valence-corrected chi connectivity index (χ3v) is 4.48. The van der Waals surface area contributed by atoms with Crippen molar-refractivity contribution in [3.63, 3.8) is 0 Å². The van der Waals surface area contributed by atoms with E-state index >= 15 is 0 Å². The van der Waals surface area contributed by atoms with Gasteiger partial charge in [-0.1, -0.05) is 0 Å². The van der Waals surface area contributed by atoms with Crippen molar-refractivity contribution in [1.82, 2.24) is 5.32 Å². The van der Waals surface area contributed by atoms with Crippen LogP contribution >= 0.6 is 11.3 Å². The van der Waals surface area contributed by atoms with E-state index in [9.17, 15) is 0 Å². The molecule has 2 nitrogen and oxygen atoms in total. The summed E-state index contributed by atoms with van der Waals surface area (Å²) in [7, 11) is 0. The highest BCUT2D eigenvalue weighted by Crippen LogP contribution is 2.27. The second kappa shape index (κ2) is 5.72. The summed E-state index contributed by atoms with van der Waals surface area (Å²) in [6, 6.07) is 2.30. The van der Waals surface area contributed by atoms with Gasteiger partial charge in [-0.05, 0) is 58.6 Å². The van der Waals surface area contributed by atoms with Gasteiger partial charge in [0.25, 0.3) is 0 Å². The molecule has 1 heterocycles. The van der Waals surface area contributed by atoms with Gasteiger partial charge in [0.15, 0.2) is 0 Å². The molecule has 2 rings (SSSR count). The minimum absolute atomic E-state index is 0.181. The van der Waals surface area contributed by atoms with E-state index in [0.717, 1.165) is 13.2 Å². The molecule has 1 aliphatic carbocycles. The highest BCUT2D eigenvalue weighted by molar-refractivity contribution is 7.12. The average Bonchev–Trinajstić information content (AvgIpc) is 2.54. The van der Waals surface area contributed by atoms with Crippen molar-refractivity contribution < 1.29 is 4.74 Å². The fraction of sp³-hybridized carbons (Fsp3) is 0.733. The first-order valence-electron chi connectivity index (χ1n) is 6.89. The molecule has 0 aromatic carbocycles. The first kappa shape index (κ1) is 14.0. The molecule has 1 aliphatic rings. The lowest BCUT2D eigenvalue weighted by molar-refractivity contribution is -0.00871. The van der Waals surface area contributed by atoms with Crippen molar-refractivity contribution in [2.75, 3.05) is 0 Å². The van der Waals surface area contributed by atoms with Crippen LogP contribution in [0.25, 0.3) is 0 Å². The summed E-state index contributed by atoms with van der Waals surface area (Å²) in [4.78, 5) is 2.81. The summed E-state index contributed by atoms with van der Waals surface area (Å²) in [6.07, 6.45) is 4.37. The van der Waals surface area contributed by atoms with Crippen LogP contribution in [0.2, 0.25) is 0 Å². The highest BCUT2D eigenvalue weighted by Gasteiger charge is 2.18. The quantitative estimate of drug-likeness (QED) is 0.870. The van der Waals surface area contributed by atoms with E-state index < -0.39 is 0 Å². The third kappa shape index (κ3) is 4.08. The average molecular weight is 267 g/mol. The van der Waals surface area contributed by atoms with E-state index in [1.54, 1.807) is 0 Å². The van der Waals surface area contributed by atoms with Gasteiger partial charge in [-0.3, -0.25) is 0 Å². The van der Waals surface area contributed by atoms with Crippen LogP contribution in [0.3, 0.4) is 0 Å². The maximum atomic E-state index is 5.89. The fourth-order valence-corrected chi connectivity index (χ4v) is 2.90. The zero-order valence-corrected chi connectivity index (χ0v) is 12.8. The summed E-state index contributed by atoms with van der Waals surface area (Å²) < 4.78 is 5.89. The number of nitrogens with one attached hydrogen (secondary N) is 1. The van der Waals surface area contributed by atoms with E-state index in [1.807, 2.05) is 11.3 Å². The highest BCUT2D eigenvalue weighted by atomic mass is 32.1. The monoisotopic (exact) mass is 267 g/mol. The van der Waals surface area contributed by atoms with Gasteiger partial charge in [-0.15, -0.1) is 11.3 Å². The lowest BCUT2D eigenvalue weighted by atomic mass is 9.96. The second-order valence-corrected chi connectivity index (χ2v) is 7.60. The molecule has 1 aromatic heterocycles. The van der Waals surface area contributed by atoms with Crippen molar-refractivity contribution in [3.8, 4) is 0 Å². The molecule has 0 spiro atoms. The van der Waals surface area contributed by atoms with Crippen molar-refractivity contribution >= 4 is 11.3 Å². The Labute approximate surface area is 115 Å². The second-order valence-electron chi connectivity index (χ2n) is 6.26. The summed E-state index contributed by atoms with van der Waals surface area (Å²) in [5.41, 5.74) is 1.55. The lowest BCUT2D eigenvalue weighted by Gasteiger charge is -2.25. The zero-order chi connectivity index (χ0) is 13.2. The fourth-order valence-electron chi connectivity index (χ4n) is 1.92. The SMILES string of the molecule is Cc1sc(CNC(C)(C)C)cc1COC1CCC1. The van der Waals surface area contributed by atoms with Crippen LogP contribution in [0, 0.1) is 6.92 Å². The molecule has 0 amide bonds. The number of aryl methyl sites for hydroxylation is 1. The Balaban J connectivity index is 1.85. The van der Waals surface area contributed by atoms with Crippen LogP contribution in [0.15, 0.2) is 6.07 Å². The number of ether oxygens (including phenoxy) is 1. The van der Waals surface area contributed by atoms with Gasteiger partial charge >= 0.3 is 0 Å². The predicted molar refractivity (Wildman–Crippen MR) is 78.1 cm³/mol. The Hall–Kier alpha value is -0.380. The first-order valence-corrected chi connectivity index (χ1v) is 7.70. The minimum atomic E-state index is 0.181. The molecule has 1 saturated carbocycles. The predicted octanol–water partition coefficient (Wildman–Crippen LogP) is 4.01. The van der Waals surface area contributed by atoms with Crippen LogP contribution < -0.4 is 5.32 Å². The maximum absolute atomic E-state index is 5.89. The normalized spacial score (nSPS) is 16.9. The largest absolute Gasteiger partial charge is 0.374 e. The molecule has 0 unspecified atom stereocenters. The van der Waals surface area contributed by atoms with E-state index in [-0.39, 0.29) is 5.54 Å². The summed E-state index contributed by atoms with van der Waals surface area (Å²) >= 11 is 1.89. The van der Waals surface area contributed by atoms with Crippen molar-refractivity contribution in [2.45, 2.75) is 71.8 Å². The Bertz CT molecular complexity index is 388. The third-order valence-electron chi connectivity index (χ3n) is 3.39. The number of thiophene rings is 1. The standard InChI is InChI=1S/C15H25NOS/c1-11-12(10-17-13-6-5-7-13)8-14(18-11)9-16-15(2,3)4/h8,13,16H,5-7,9-10H2,1-4H3. The molecule has 1 aromatic rings. The van der Waals surface area contributed by atoms with Gasteiger partial charge in [-0.25, -0.2) is 0 Å². The summed E-state index contributed by atoms with van der Waals surface area (Å²) in [5, 5.41) is 3.54. The number of hydrogen-bond donors (Lipinski definition) is 1. The number of rotatable bonds is 5. The van der Waals surface area contributed by atoms with Crippen molar-refractivity contribution in [1.29, 1.82) is 0 Å². The smallest absolute Gasteiger partial charge is 0.0731 e. The van der Waals surface area contributed by atoms with E-state index in [1.165, 1.54) is 34.6 Å². The number of hydrogen-bond acceptors (Lipinski definition) is 3. The van der Waals surface area contributed by atoms with E-state index in [4.69, 9.17) is 4.74 Å². The lowest BCUT2D eigenvalue weighted by Crippen LogP contribution is -2.34. The van der Waals surface area contributed by atoms with Crippen LogP contribution in [-0.2, 0) is 17.9 Å². The Kier molecular flexibility index (Phi) is 4.46. The van der Waals surface area contributed by atoms with Crippen LogP contribution in [0.4, 0.5) is 0 Å². The minimum Gasteiger partial charge on any atom is -0.374 e. The molecule has 0 aliphatic heterocycles. The van der Waals surface area contributed by atoms with Gasteiger partial charge in [0.1, 0.15) is 0 Å². The van der Waals surface area contributed by atoms with E-state index in [0.29, 0.717) is 6.10 Å². The Morgan fingerprint density at radius 3 is 2.67 bits per heavy atom. The molecular formula is C15H25NOS. The van der Waals surface area contributed by atoms with Crippen LogP contribution in [-0.4, -0.2) is 11.6 Å². The van der Waals surface area contributed by atoms with Gasteiger partial charge < -0.3 is 10.1 Å². The van der Waals surface area contributed by atoms with Gasteiger partial charge in [-0.2, -0.15) is 0 Å².